The molecule has 1 aromatic heterocycles. The molecular weight excluding hydrogens is 367 g/mol. The number of nitrogens with one attached hydrogen (secondary N) is 2. The van der Waals surface area contributed by atoms with Crippen molar-refractivity contribution >= 4 is 23.5 Å². The van der Waals surface area contributed by atoms with E-state index >= 15 is 0 Å². The van der Waals surface area contributed by atoms with Crippen molar-refractivity contribution in [3.63, 3.8) is 0 Å². The number of carbonyl (C=O) groups is 1. The molecule has 28 heavy (non-hydrogen) atoms. The molecule has 0 spiro atoms. The quantitative estimate of drug-likeness (QED) is 0.369. The Morgan fingerprint density at radius 2 is 1.96 bits per heavy atom. The number of amides is 1. The maximum Gasteiger partial charge on any atom is 0.270 e. The number of rotatable bonds is 7. The number of nitro benzene ring substituents is 1. The lowest BCUT2D eigenvalue weighted by molar-refractivity contribution is -0.384. The first-order valence-electron chi connectivity index (χ1n) is 8.17. The molecule has 3 aromatic rings. The lowest BCUT2D eigenvalue weighted by Gasteiger charge is -2.04. The third-order valence-corrected chi connectivity index (χ3v) is 3.65. The lowest BCUT2D eigenvalue weighted by atomic mass is 10.1. The van der Waals surface area contributed by atoms with Gasteiger partial charge in [0.05, 0.1) is 17.7 Å². The molecular formula is C19H15FN4O4. The largest absolute Gasteiger partial charge is 0.455 e. The molecule has 0 aliphatic heterocycles. The number of hydrazone groups is 1. The van der Waals surface area contributed by atoms with Crippen LogP contribution in [0.1, 0.15) is 5.76 Å². The van der Waals surface area contributed by atoms with E-state index in [4.69, 9.17) is 4.42 Å². The smallest absolute Gasteiger partial charge is 0.270 e. The number of non-ortho nitro benzene ring substituents is 1. The van der Waals surface area contributed by atoms with Crippen molar-refractivity contribution in [1.82, 2.24) is 5.43 Å². The first kappa shape index (κ1) is 18.8. The van der Waals surface area contributed by atoms with Gasteiger partial charge in [0.2, 0.25) is 0 Å². The number of nitrogens with zero attached hydrogens (tertiary/aromatic N) is 2. The monoisotopic (exact) mass is 382 g/mol. The molecule has 142 valence electrons. The summed E-state index contributed by atoms with van der Waals surface area (Å²) < 4.78 is 18.4. The topological polar surface area (TPSA) is 110 Å². The number of nitro groups is 1. The third-order valence-electron chi connectivity index (χ3n) is 3.65. The van der Waals surface area contributed by atoms with E-state index in [9.17, 15) is 19.3 Å². The Morgan fingerprint density at radius 1 is 1.18 bits per heavy atom. The van der Waals surface area contributed by atoms with Crippen LogP contribution in [0, 0.1) is 15.9 Å². The zero-order valence-corrected chi connectivity index (χ0v) is 14.5. The SMILES string of the molecule is O=C(CNc1ccc(F)cc1)N/N=C\c1ccc(-c2cccc([N+](=O)[O-])c2)o1. The van der Waals surface area contributed by atoms with Gasteiger partial charge in [-0.1, -0.05) is 12.1 Å². The van der Waals surface area contributed by atoms with Crippen molar-refractivity contribution in [2.24, 2.45) is 5.10 Å². The van der Waals surface area contributed by atoms with Gasteiger partial charge in [-0.3, -0.25) is 14.9 Å². The van der Waals surface area contributed by atoms with Crippen molar-refractivity contribution in [1.29, 1.82) is 0 Å². The van der Waals surface area contributed by atoms with Gasteiger partial charge in [0.1, 0.15) is 17.3 Å². The van der Waals surface area contributed by atoms with Gasteiger partial charge >= 0.3 is 0 Å². The van der Waals surface area contributed by atoms with E-state index in [0.29, 0.717) is 22.8 Å². The second kappa shape index (κ2) is 8.58. The van der Waals surface area contributed by atoms with Crippen LogP contribution >= 0.6 is 0 Å². The maximum atomic E-state index is 12.8. The highest BCUT2D eigenvalue weighted by Crippen LogP contribution is 2.25. The minimum atomic E-state index is -0.482. The van der Waals surface area contributed by atoms with Gasteiger partial charge in [-0.2, -0.15) is 5.10 Å². The average molecular weight is 382 g/mol. The number of hydrogen-bond acceptors (Lipinski definition) is 6. The number of hydrogen-bond donors (Lipinski definition) is 2. The highest BCUT2D eigenvalue weighted by Gasteiger charge is 2.09. The van der Waals surface area contributed by atoms with Crippen molar-refractivity contribution < 1.29 is 18.5 Å². The van der Waals surface area contributed by atoms with Gasteiger partial charge in [0.25, 0.3) is 11.6 Å². The van der Waals surface area contributed by atoms with E-state index in [1.807, 2.05) is 0 Å². The Kier molecular flexibility index (Phi) is 5.75. The van der Waals surface area contributed by atoms with Crippen LogP contribution in [-0.2, 0) is 4.79 Å². The predicted octanol–water partition coefficient (Wildman–Crippen LogP) is 3.56. The Bertz CT molecular complexity index is 1010. The molecule has 0 bridgehead atoms. The van der Waals surface area contributed by atoms with Crippen molar-refractivity contribution in [2.75, 3.05) is 11.9 Å². The lowest BCUT2D eigenvalue weighted by Crippen LogP contribution is -2.25. The Hall–Kier alpha value is -4.01. The summed E-state index contributed by atoms with van der Waals surface area (Å²) in [5.41, 5.74) is 3.46. The van der Waals surface area contributed by atoms with Crippen molar-refractivity contribution in [3.05, 3.63) is 82.4 Å². The van der Waals surface area contributed by atoms with Crippen LogP contribution in [0.4, 0.5) is 15.8 Å². The summed E-state index contributed by atoms with van der Waals surface area (Å²) in [6.07, 6.45) is 1.32. The number of anilines is 1. The Balaban J connectivity index is 1.53. The number of furan rings is 1. The summed E-state index contributed by atoms with van der Waals surface area (Å²) >= 11 is 0. The van der Waals surface area contributed by atoms with E-state index < -0.39 is 10.8 Å². The summed E-state index contributed by atoms with van der Waals surface area (Å²) in [5, 5.41) is 17.5. The molecule has 0 unspecified atom stereocenters. The van der Waals surface area contributed by atoms with Crippen LogP contribution < -0.4 is 10.7 Å². The van der Waals surface area contributed by atoms with Crippen LogP contribution in [0.15, 0.2) is 70.2 Å². The molecule has 2 N–H and O–H groups in total. The molecule has 8 nitrogen and oxygen atoms in total. The van der Waals surface area contributed by atoms with E-state index in [0.717, 1.165) is 0 Å². The highest BCUT2D eigenvalue weighted by atomic mass is 19.1. The fraction of sp³-hybridized carbons (Fsp3) is 0.0526. The van der Waals surface area contributed by atoms with Crippen LogP contribution in [-0.4, -0.2) is 23.6 Å². The van der Waals surface area contributed by atoms with Gasteiger partial charge in [0.15, 0.2) is 0 Å². The standard InChI is InChI=1S/C19H15FN4O4/c20-14-4-6-15(7-5-14)21-12-19(25)23-22-11-17-8-9-18(28-17)13-2-1-3-16(10-13)24(26)27/h1-11,21H,12H2,(H,23,25)/b22-11-. The summed E-state index contributed by atoms with van der Waals surface area (Å²) in [6.45, 7) is -0.0416. The molecule has 1 amide bonds. The number of benzene rings is 2. The Morgan fingerprint density at radius 3 is 2.71 bits per heavy atom. The van der Waals surface area contributed by atoms with Crippen LogP contribution in [0.2, 0.25) is 0 Å². The maximum absolute atomic E-state index is 12.8. The van der Waals surface area contributed by atoms with E-state index in [2.05, 4.69) is 15.8 Å². The third kappa shape index (κ3) is 5.01. The molecule has 9 heteroatoms. The van der Waals surface area contributed by atoms with Gasteiger partial charge in [0, 0.05) is 23.4 Å². The fourth-order valence-corrected chi connectivity index (χ4v) is 2.31. The first-order chi connectivity index (χ1) is 13.5. The van der Waals surface area contributed by atoms with Gasteiger partial charge in [-0.05, 0) is 36.4 Å². The van der Waals surface area contributed by atoms with Gasteiger partial charge in [-0.25, -0.2) is 9.82 Å². The van der Waals surface area contributed by atoms with Crippen LogP contribution in [0.5, 0.6) is 0 Å². The molecule has 2 aromatic carbocycles. The van der Waals surface area contributed by atoms with Gasteiger partial charge in [-0.15, -0.1) is 0 Å². The molecule has 1 heterocycles. The summed E-state index contributed by atoms with van der Waals surface area (Å²) in [4.78, 5) is 22.1. The molecule has 0 radical (unpaired) electrons. The van der Waals surface area contributed by atoms with Crippen LogP contribution in [0.25, 0.3) is 11.3 Å². The minimum Gasteiger partial charge on any atom is -0.455 e. The molecule has 0 aliphatic carbocycles. The Labute approximate surface area is 158 Å². The highest BCUT2D eigenvalue weighted by molar-refractivity contribution is 5.83. The summed E-state index contributed by atoms with van der Waals surface area (Å²) in [7, 11) is 0. The predicted molar refractivity (Wildman–Crippen MR) is 101 cm³/mol. The second-order valence-corrected chi connectivity index (χ2v) is 5.66. The van der Waals surface area contributed by atoms with E-state index in [-0.39, 0.29) is 18.0 Å². The minimum absolute atomic E-state index is 0.0370. The van der Waals surface area contributed by atoms with Gasteiger partial charge < -0.3 is 9.73 Å². The fourth-order valence-electron chi connectivity index (χ4n) is 2.31. The van der Waals surface area contributed by atoms with Crippen molar-refractivity contribution in [2.45, 2.75) is 0 Å². The van der Waals surface area contributed by atoms with Crippen LogP contribution in [0.3, 0.4) is 0 Å². The van der Waals surface area contributed by atoms with E-state index in [1.54, 1.807) is 24.3 Å². The zero-order valence-electron chi connectivity index (χ0n) is 14.5. The van der Waals surface area contributed by atoms with E-state index in [1.165, 1.54) is 42.6 Å². The van der Waals surface area contributed by atoms with Crippen molar-refractivity contribution in [3.8, 4) is 11.3 Å². The molecule has 0 atom stereocenters. The summed E-state index contributed by atoms with van der Waals surface area (Å²) in [6, 6.07) is 14.9. The molecule has 0 fully saturated rings. The summed E-state index contributed by atoms with van der Waals surface area (Å²) in [5.74, 6) is 0.0521. The zero-order chi connectivity index (χ0) is 19.9. The molecule has 3 rings (SSSR count). The molecule has 0 saturated carbocycles. The molecule has 0 saturated heterocycles. The number of carbonyl (C=O) groups excluding carboxylic acids is 1. The second-order valence-electron chi connectivity index (χ2n) is 5.66. The normalized spacial score (nSPS) is 10.8. The number of halogens is 1. The average Bonchev–Trinajstić information content (AvgIpc) is 3.16. The molecule has 0 aliphatic rings. The first-order valence-corrected chi connectivity index (χ1v) is 8.17.